The zero-order chi connectivity index (χ0) is 15.4. The van der Waals surface area contributed by atoms with Crippen molar-refractivity contribution >= 4 is 11.8 Å². The molecule has 4 nitrogen and oxygen atoms in total. The van der Waals surface area contributed by atoms with Crippen LogP contribution in [0.15, 0.2) is 12.7 Å². The van der Waals surface area contributed by atoms with Gasteiger partial charge in [0.1, 0.15) is 12.1 Å². The van der Waals surface area contributed by atoms with E-state index in [0.29, 0.717) is 24.8 Å². The Bertz CT molecular complexity index is 400. The molecule has 2 rings (SSSR count). The SMILES string of the molecule is C=CCN1C(=O)C(C2CCCCC2)NC(=O)C1CC(C)C. The van der Waals surface area contributed by atoms with Crippen molar-refractivity contribution in [3.63, 3.8) is 0 Å². The van der Waals surface area contributed by atoms with Crippen LogP contribution in [0.4, 0.5) is 0 Å². The molecule has 2 fully saturated rings. The lowest BCUT2D eigenvalue weighted by atomic mass is 9.81. The predicted molar refractivity (Wildman–Crippen MR) is 83.7 cm³/mol. The maximum atomic E-state index is 12.8. The largest absolute Gasteiger partial charge is 0.342 e. The summed E-state index contributed by atoms with van der Waals surface area (Å²) in [5, 5.41) is 3.02. The smallest absolute Gasteiger partial charge is 0.246 e. The van der Waals surface area contributed by atoms with E-state index in [-0.39, 0.29) is 23.9 Å². The number of nitrogens with one attached hydrogen (secondary N) is 1. The van der Waals surface area contributed by atoms with Gasteiger partial charge in [0.15, 0.2) is 0 Å². The molecule has 1 aliphatic heterocycles. The Morgan fingerprint density at radius 2 is 1.95 bits per heavy atom. The van der Waals surface area contributed by atoms with E-state index in [1.54, 1.807) is 11.0 Å². The monoisotopic (exact) mass is 292 g/mol. The molecule has 1 saturated carbocycles. The second kappa shape index (κ2) is 7.10. The van der Waals surface area contributed by atoms with Crippen molar-refractivity contribution < 1.29 is 9.59 Å². The highest BCUT2D eigenvalue weighted by Crippen LogP contribution is 2.30. The molecule has 2 unspecified atom stereocenters. The molecule has 0 radical (unpaired) electrons. The van der Waals surface area contributed by atoms with Crippen LogP contribution < -0.4 is 5.32 Å². The average molecular weight is 292 g/mol. The molecule has 0 aromatic carbocycles. The first-order chi connectivity index (χ1) is 10.0. The van der Waals surface area contributed by atoms with Crippen LogP contribution >= 0.6 is 0 Å². The minimum absolute atomic E-state index is 0.0146. The summed E-state index contributed by atoms with van der Waals surface area (Å²) in [6, 6.07) is -0.656. The highest BCUT2D eigenvalue weighted by atomic mass is 16.2. The molecular formula is C17H28N2O2. The van der Waals surface area contributed by atoms with E-state index >= 15 is 0 Å². The van der Waals surface area contributed by atoms with Crippen molar-refractivity contribution in [3.8, 4) is 0 Å². The molecule has 2 amide bonds. The van der Waals surface area contributed by atoms with Gasteiger partial charge in [0.2, 0.25) is 11.8 Å². The van der Waals surface area contributed by atoms with Crippen molar-refractivity contribution in [2.24, 2.45) is 11.8 Å². The first-order valence-electron chi connectivity index (χ1n) is 8.26. The molecule has 1 saturated heterocycles. The molecule has 0 spiro atoms. The normalized spacial score (nSPS) is 27.9. The zero-order valence-corrected chi connectivity index (χ0v) is 13.3. The summed E-state index contributed by atoms with van der Waals surface area (Å²) in [5.41, 5.74) is 0. The molecule has 4 heteroatoms. The van der Waals surface area contributed by atoms with E-state index in [0.717, 1.165) is 12.8 Å². The van der Waals surface area contributed by atoms with Gasteiger partial charge < -0.3 is 10.2 Å². The first kappa shape index (κ1) is 16.1. The zero-order valence-electron chi connectivity index (χ0n) is 13.3. The minimum Gasteiger partial charge on any atom is -0.342 e. The van der Waals surface area contributed by atoms with Gasteiger partial charge in [-0.2, -0.15) is 0 Å². The van der Waals surface area contributed by atoms with Crippen LogP contribution in [0, 0.1) is 11.8 Å². The van der Waals surface area contributed by atoms with Gasteiger partial charge in [0, 0.05) is 6.54 Å². The molecule has 2 aliphatic rings. The summed E-state index contributed by atoms with van der Waals surface area (Å²) in [6.45, 7) is 8.37. The summed E-state index contributed by atoms with van der Waals surface area (Å²) in [7, 11) is 0. The Hall–Kier alpha value is -1.32. The third kappa shape index (κ3) is 3.66. The number of piperazine rings is 1. The number of amides is 2. The third-order valence-corrected chi connectivity index (χ3v) is 4.67. The van der Waals surface area contributed by atoms with E-state index < -0.39 is 0 Å². The molecular weight excluding hydrogens is 264 g/mol. The van der Waals surface area contributed by atoms with Crippen molar-refractivity contribution in [2.45, 2.75) is 64.5 Å². The summed E-state index contributed by atoms with van der Waals surface area (Å²) in [5.74, 6) is 0.794. The fraction of sp³-hybridized carbons (Fsp3) is 0.765. The maximum Gasteiger partial charge on any atom is 0.246 e. The topological polar surface area (TPSA) is 49.4 Å². The van der Waals surface area contributed by atoms with Crippen LogP contribution in [0.25, 0.3) is 0 Å². The second-order valence-corrected chi connectivity index (χ2v) is 6.81. The lowest BCUT2D eigenvalue weighted by Crippen LogP contribution is -2.65. The van der Waals surface area contributed by atoms with E-state index in [1.165, 1.54) is 19.3 Å². The number of nitrogens with zero attached hydrogens (tertiary/aromatic N) is 1. The van der Waals surface area contributed by atoms with Gasteiger partial charge in [-0.05, 0) is 31.1 Å². The molecule has 118 valence electrons. The first-order valence-corrected chi connectivity index (χ1v) is 8.26. The number of rotatable bonds is 5. The van der Waals surface area contributed by atoms with Crippen molar-refractivity contribution in [1.82, 2.24) is 10.2 Å². The van der Waals surface area contributed by atoms with Crippen LogP contribution in [-0.2, 0) is 9.59 Å². The quantitative estimate of drug-likeness (QED) is 0.792. The summed E-state index contributed by atoms with van der Waals surface area (Å²) < 4.78 is 0. The van der Waals surface area contributed by atoms with Crippen LogP contribution in [0.5, 0.6) is 0 Å². The van der Waals surface area contributed by atoms with Gasteiger partial charge in [0.25, 0.3) is 0 Å². The van der Waals surface area contributed by atoms with E-state index in [2.05, 4.69) is 25.7 Å². The molecule has 1 aliphatic carbocycles. The van der Waals surface area contributed by atoms with Gasteiger partial charge in [-0.25, -0.2) is 0 Å². The van der Waals surface area contributed by atoms with Crippen molar-refractivity contribution in [3.05, 3.63) is 12.7 Å². The van der Waals surface area contributed by atoms with E-state index in [4.69, 9.17) is 0 Å². The van der Waals surface area contributed by atoms with Crippen molar-refractivity contribution in [1.29, 1.82) is 0 Å². The Kier molecular flexibility index (Phi) is 5.43. The fourth-order valence-electron chi connectivity index (χ4n) is 3.61. The van der Waals surface area contributed by atoms with Crippen LogP contribution in [-0.4, -0.2) is 35.3 Å². The van der Waals surface area contributed by atoms with Crippen LogP contribution in [0.1, 0.15) is 52.4 Å². The van der Waals surface area contributed by atoms with E-state index in [9.17, 15) is 9.59 Å². The molecule has 0 aromatic heterocycles. The second-order valence-electron chi connectivity index (χ2n) is 6.81. The highest BCUT2D eigenvalue weighted by Gasteiger charge is 2.43. The number of carbonyl (C=O) groups is 2. The lowest BCUT2D eigenvalue weighted by Gasteiger charge is -2.42. The van der Waals surface area contributed by atoms with Gasteiger partial charge >= 0.3 is 0 Å². The Morgan fingerprint density at radius 3 is 2.52 bits per heavy atom. The Morgan fingerprint density at radius 1 is 1.29 bits per heavy atom. The van der Waals surface area contributed by atoms with Gasteiger partial charge in [-0.1, -0.05) is 39.2 Å². The van der Waals surface area contributed by atoms with Gasteiger partial charge in [-0.3, -0.25) is 9.59 Å². The third-order valence-electron chi connectivity index (χ3n) is 4.67. The van der Waals surface area contributed by atoms with Crippen molar-refractivity contribution in [2.75, 3.05) is 6.54 Å². The molecule has 2 atom stereocenters. The minimum atomic E-state index is -0.338. The van der Waals surface area contributed by atoms with Gasteiger partial charge in [-0.15, -0.1) is 6.58 Å². The lowest BCUT2D eigenvalue weighted by molar-refractivity contribution is -0.151. The molecule has 0 aromatic rings. The van der Waals surface area contributed by atoms with Crippen LogP contribution in [0.3, 0.4) is 0 Å². The summed E-state index contributed by atoms with van der Waals surface area (Å²) in [4.78, 5) is 27.0. The summed E-state index contributed by atoms with van der Waals surface area (Å²) in [6.07, 6.45) is 8.12. The van der Waals surface area contributed by atoms with Gasteiger partial charge in [0.05, 0.1) is 0 Å². The molecule has 0 bridgehead atoms. The summed E-state index contributed by atoms with van der Waals surface area (Å²) >= 11 is 0. The fourth-order valence-corrected chi connectivity index (χ4v) is 3.61. The highest BCUT2D eigenvalue weighted by molar-refractivity contribution is 5.97. The number of hydrogen-bond acceptors (Lipinski definition) is 2. The van der Waals surface area contributed by atoms with Crippen LogP contribution in [0.2, 0.25) is 0 Å². The molecule has 1 heterocycles. The molecule has 21 heavy (non-hydrogen) atoms. The predicted octanol–water partition coefficient (Wildman–Crippen LogP) is 2.49. The maximum absolute atomic E-state index is 12.8. The average Bonchev–Trinajstić information content (AvgIpc) is 2.47. The van der Waals surface area contributed by atoms with E-state index in [1.807, 2.05) is 0 Å². The molecule has 1 N–H and O–H groups in total. The standard InChI is InChI=1S/C17H28N2O2/c1-4-10-19-14(11-12(2)3)16(20)18-15(17(19)21)13-8-6-5-7-9-13/h4,12-15H,1,5-11H2,2-3H3,(H,18,20). The Labute approximate surface area is 128 Å². The Balaban J connectivity index is 2.15. The number of hydrogen-bond donors (Lipinski definition) is 1. The number of carbonyl (C=O) groups excluding carboxylic acids is 2.